The summed E-state index contributed by atoms with van der Waals surface area (Å²) in [7, 11) is 0. The lowest BCUT2D eigenvalue weighted by molar-refractivity contribution is -0.140. The third kappa shape index (κ3) is 8.67. The maximum atomic E-state index is 14.0. The summed E-state index contributed by atoms with van der Waals surface area (Å²) in [6.07, 6.45) is 1.65. The largest absolute Gasteiger partial charge is 0.444 e. The van der Waals surface area contributed by atoms with Crippen LogP contribution >= 0.6 is 23.4 Å². The molecule has 0 fully saturated rings. The van der Waals surface area contributed by atoms with Crippen molar-refractivity contribution in [3.05, 3.63) is 63.7 Å². The molecule has 0 spiro atoms. The molecule has 0 bridgehead atoms. The number of alkyl carbamates (subject to hydrolysis) is 1. The topological polar surface area (TPSA) is 87.7 Å². The average molecular weight is 562 g/mol. The Kier molecular flexibility index (Phi) is 11.5. The van der Waals surface area contributed by atoms with E-state index in [1.807, 2.05) is 64.3 Å². The molecule has 9 heteroatoms. The number of thioether (sulfide) groups is 1. The SMILES string of the molecule is CCN(C(=O)C(CCSC)NC(=O)OC(C)(C)C)C(C(=O)Nc1c(C)cccc1Cl)c1cc(C)ccc1C. The molecule has 38 heavy (non-hydrogen) atoms. The predicted molar refractivity (Wildman–Crippen MR) is 157 cm³/mol. The monoisotopic (exact) mass is 561 g/mol. The molecule has 0 saturated heterocycles. The van der Waals surface area contributed by atoms with Crippen LogP contribution < -0.4 is 10.6 Å². The second kappa shape index (κ2) is 13.9. The van der Waals surface area contributed by atoms with Gasteiger partial charge in [-0.1, -0.05) is 47.5 Å². The van der Waals surface area contributed by atoms with E-state index in [1.54, 1.807) is 38.6 Å². The van der Waals surface area contributed by atoms with Crippen molar-refractivity contribution in [1.82, 2.24) is 10.2 Å². The number of halogens is 1. The van der Waals surface area contributed by atoms with Crippen molar-refractivity contribution in [2.24, 2.45) is 0 Å². The number of carbonyl (C=O) groups is 3. The van der Waals surface area contributed by atoms with Gasteiger partial charge in [-0.15, -0.1) is 0 Å². The summed E-state index contributed by atoms with van der Waals surface area (Å²) >= 11 is 7.99. The molecule has 2 aromatic carbocycles. The minimum absolute atomic E-state index is 0.248. The number of nitrogens with one attached hydrogen (secondary N) is 2. The van der Waals surface area contributed by atoms with E-state index in [9.17, 15) is 14.4 Å². The lowest BCUT2D eigenvalue weighted by atomic mass is 9.96. The second-order valence-electron chi connectivity index (χ2n) is 10.3. The zero-order chi connectivity index (χ0) is 28.6. The summed E-state index contributed by atoms with van der Waals surface area (Å²) in [6, 6.07) is 9.41. The quantitative estimate of drug-likeness (QED) is 0.348. The van der Waals surface area contributed by atoms with Crippen LogP contribution in [0.4, 0.5) is 10.5 Å². The zero-order valence-corrected chi connectivity index (χ0v) is 25.2. The van der Waals surface area contributed by atoms with Gasteiger partial charge in [-0.05, 0) is 89.7 Å². The fourth-order valence-corrected chi connectivity index (χ4v) is 4.84. The number of ether oxygens (including phenoxy) is 1. The van der Waals surface area contributed by atoms with E-state index in [1.165, 1.54) is 4.90 Å². The number of aryl methyl sites for hydroxylation is 3. The molecule has 7 nitrogen and oxygen atoms in total. The Morgan fingerprint density at radius 1 is 1.08 bits per heavy atom. The Hall–Kier alpha value is -2.71. The molecule has 0 aliphatic heterocycles. The summed E-state index contributed by atoms with van der Waals surface area (Å²) in [4.78, 5) is 42.1. The van der Waals surface area contributed by atoms with Crippen molar-refractivity contribution in [3.63, 3.8) is 0 Å². The molecular weight excluding hydrogens is 522 g/mol. The molecule has 0 aromatic heterocycles. The number of hydrogen-bond acceptors (Lipinski definition) is 5. The maximum Gasteiger partial charge on any atom is 0.408 e. The van der Waals surface area contributed by atoms with E-state index in [0.717, 1.165) is 16.7 Å². The molecule has 2 N–H and O–H groups in total. The highest BCUT2D eigenvalue weighted by molar-refractivity contribution is 7.98. The van der Waals surface area contributed by atoms with Gasteiger partial charge in [0.2, 0.25) is 5.91 Å². The average Bonchev–Trinajstić information content (AvgIpc) is 2.82. The summed E-state index contributed by atoms with van der Waals surface area (Å²) in [5.74, 6) is -0.0987. The number of hydrogen-bond donors (Lipinski definition) is 2. The van der Waals surface area contributed by atoms with Gasteiger partial charge in [0.05, 0.1) is 10.7 Å². The Bertz CT molecular complexity index is 1130. The molecule has 208 valence electrons. The van der Waals surface area contributed by atoms with Crippen molar-refractivity contribution < 1.29 is 19.1 Å². The molecule has 0 radical (unpaired) electrons. The number of anilines is 1. The Balaban J connectivity index is 2.54. The Morgan fingerprint density at radius 3 is 2.34 bits per heavy atom. The highest BCUT2D eigenvalue weighted by atomic mass is 35.5. The molecule has 2 rings (SSSR count). The molecule has 2 atom stereocenters. The standard InChI is InChI=1S/C29H40ClN3O4S/c1-9-33(27(35)23(15-16-38-8)31-28(36)37-29(5,6)7)25(21-17-18(2)13-14-19(21)3)26(34)32-24-20(4)11-10-12-22(24)30/h10-14,17,23,25H,9,15-16H2,1-8H3,(H,31,36)(H,32,34). The summed E-state index contributed by atoms with van der Waals surface area (Å²) in [5, 5.41) is 6.12. The van der Waals surface area contributed by atoms with Gasteiger partial charge in [0.25, 0.3) is 5.91 Å². The normalized spacial score (nSPS) is 12.9. The van der Waals surface area contributed by atoms with Crippen molar-refractivity contribution in [2.45, 2.75) is 72.6 Å². The van der Waals surface area contributed by atoms with Crippen LogP contribution in [0.25, 0.3) is 0 Å². The van der Waals surface area contributed by atoms with Gasteiger partial charge in [0, 0.05) is 6.54 Å². The fourth-order valence-electron chi connectivity index (χ4n) is 4.10. The van der Waals surface area contributed by atoms with Crippen LogP contribution in [0.3, 0.4) is 0 Å². The minimum atomic E-state index is -0.944. The van der Waals surface area contributed by atoms with E-state index in [2.05, 4.69) is 10.6 Å². The molecule has 0 aliphatic rings. The smallest absolute Gasteiger partial charge is 0.408 e. The van der Waals surface area contributed by atoms with Gasteiger partial charge < -0.3 is 20.3 Å². The van der Waals surface area contributed by atoms with Crippen LogP contribution in [0.1, 0.15) is 62.4 Å². The third-order valence-electron chi connectivity index (χ3n) is 5.98. The predicted octanol–water partition coefficient (Wildman–Crippen LogP) is 6.44. The van der Waals surface area contributed by atoms with Gasteiger partial charge in [0.1, 0.15) is 17.7 Å². The Morgan fingerprint density at radius 2 is 1.76 bits per heavy atom. The Labute approximate surface area is 236 Å². The number of carbonyl (C=O) groups excluding carboxylic acids is 3. The second-order valence-corrected chi connectivity index (χ2v) is 11.7. The van der Waals surface area contributed by atoms with Crippen LogP contribution in [-0.2, 0) is 14.3 Å². The first-order chi connectivity index (χ1) is 17.8. The first-order valence-corrected chi connectivity index (χ1v) is 14.5. The van der Waals surface area contributed by atoms with E-state index in [4.69, 9.17) is 16.3 Å². The van der Waals surface area contributed by atoms with Gasteiger partial charge in [-0.25, -0.2) is 4.79 Å². The number of amides is 3. The summed E-state index contributed by atoms with van der Waals surface area (Å²) in [6.45, 7) is 13.1. The van der Waals surface area contributed by atoms with E-state index in [-0.39, 0.29) is 18.4 Å². The molecule has 0 aliphatic carbocycles. The van der Waals surface area contributed by atoms with Crippen molar-refractivity contribution in [3.8, 4) is 0 Å². The molecule has 0 heterocycles. The highest BCUT2D eigenvalue weighted by Gasteiger charge is 2.36. The van der Waals surface area contributed by atoms with Crippen LogP contribution in [0, 0.1) is 20.8 Å². The van der Waals surface area contributed by atoms with Gasteiger partial charge in [-0.2, -0.15) is 11.8 Å². The third-order valence-corrected chi connectivity index (χ3v) is 6.94. The van der Waals surface area contributed by atoms with Gasteiger partial charge in [0.15, 0.2) is 0 Å². The number of rotatable bonds is 10. The van der Waals surface area contributed by atoms with Gasteiger partial charge in [-0.3, -0.25) is 9.59 Å². The maximum absolute atomic E-state index is 14.0. The van der Waals surface area contributed by atoms with E-state index >= 15 is 0 Å². The van der Waals surface area contributed by atoms with Crippen LogP contribution in [0.15, 0.2) is 36.4 Å². The molecule has 2 unspecified atom stereocenters. The van der Waals surface area contributed by atoms with Crippen molar-refractivity contribution in [2.75, 3.05) is 23.9 Å². The zero-order valence-electron chi connectivity index (χ0n) is 23.6. The number of para-hydroxylation sites is 1. The fraction of sp³-hybridized carbons (Fsp3) is 0.483. The molecule has 0 saturated carbocycles. The minimum Gasteiger partial charge on any atom is -0.444 e. The van der Waals surface area contributed by atoms with E-state index < -0.39 is 23.8 Å². The number of nitrogens with zero attached hydrogens (tertiary/aromatic N) is 1. The first kappa shape index (κ1) is 31.5. The number of benzene rings is 2. The summed E-state index contributed by atoms with van der Waals surface area (Å²) < 4.78 is 5.42. The van der Waals surface area contributed by atoms with Crippen molar-refractivity contribution in [1.29, 1.82) is 0 Å². The summed E-state index contributed by atoms with van der Waals surface area (Å²) in [5.41, 5.74) is 3.15. The van der Waals surface area contributed by atoms with E-state index in [0.29, 0.717) is 28.4 Å². The first-order valence-electron chi connectivity index (χ1n) is 12.7. The molecule has 2 aromatic rings. The van der Waals surface area contributed by atoms with Gasteiger partial charge >= 0.3 is 6.09 Å². The number of likely N-dealkylation sites (N-methyl/N-ethyl adjacent to an activating group) is 1. The van der Waals surface area contributed by atoms with Crippen LogP contribution in [0.2, 0.25) is 5.02 Å². The molecular formula is C29H40ClN3O4S. The lowest BCUT2D eigenvalue weighted by Crippen LogP contribution is -2.52. The van der Waals surface area contributed by atoms with Crippen molar-refractivity contribution >= 4 is 47.0 Å². The lowest BCUT2D eigenvalue weighted by Gasteiger charge is -2.34. The highest BCUT2D eigenvalue weighted by Crippen LogP contribution is 2.31. The van der Waals surface area contributed by atoms with Crippen LogP contribution in [0.5, 0.6) is 0 Å². The van der Waals surface area contributed by atoms with Crippen LogP contribution in [-0.4, -0.2) is 53.0 Å². The molecule has 3 amide bonds.